The van der Waals surface area contributed by atoms with E-state index in [1.807, 2.05) is 51.1 Å². The Morgan fingerprint density at radius 2 is 1.70 bits per heavy atom. The summed E-state index contributed by atoms with van der Waals surface area (Å²) in [6, 6.07) is 15.2. The fraction of sp³-hybridized carbons (Fsp3) is 0.581. The number of hydrogen-bond acceptors (Lipinski definition) is 6. The van der Waals surface area contributed by atoms with Gasteiger partial charge in [-0.2, -0.15) is 4.31 Å². The second-order valence-corrected chi connectivity index (χ2v) is 13.1. The Labute approximate surface area is 240 Å². The summed E-state index contributed by atoms with van der Waals surface area (Å²) in [5.74, 6) is 0.506. The number of nitrogens with zero attached hydrogens (tertiary/aromatic N) is 1. The van der Waals surface area contributed by atoms with Gasteiger partial charge in [0, 0.05) is 26.3 Å². The summed E-state index contributed by atoms with van der Waals surface area (Å²) in [5, 5.41) is 14.7. The van der Waals surface area contributed by atoms with Crippen LogP contribution in [0.15, 0.2) is 59.5 Å². The van der Waals surface area contributed by atoms with Crippen LogP contribution in [0.2, 0.25) is 0 Å². The molecule has 2 atom stereocenters. The minimum atomic E-state index is -3.91. The van der Waals surface area contributed by atoms with Crippen molar-refractivity contribution in [3.63, 3.8) is 0 Å². The van der Waals surface area contributed by atoms with Crippen LogP contribution >= 0.6 is 0 Å². The molecule has 2 N–H and O–H groups in total. The molecule has 1 amide bonds. The highest BCUT2D eigenvalue weighted by atomic mass is 32.2. The summed E-state index contributed by atoms with van der Waals surface area (Å²) >= 11 is 0. The fourth-order valence-electron chi connectivity index (χ4n) is 5.44. The van der Waals surface area contributed by atoms with E-state index in [-0.39, 0.29) is 29.8 Å². The molecule has 0 radical (unpaired) electrons. The zero-order valence-corrected chi connectivity index (χ0v) is 25.2. The molecule has 0 aliphatic heterocycles. The zero-order chi connectivity index (χ0) is 29.2. The van der Waals surface area contributed by atoms with Gasteiger partial charge in [-0.05, 0) is 68.4 Å². The number of methoxy groups -OCH3 is 1. The van der Waals surface area contributed by atoms with E-state index in [9.17, 15) is 18.3 Å². The van der Waals surface area contributed by atoms with E-state index in [4.69, 9.17) is 9.47 Å². The lowest BCUT2D eigenvalue weighted by Gasteiger charge is -2.34. The molecule has 1 saturated carbocycles. The normalized spacial score (nSPS) is 16.7. The molecule has 0 saturated heterocycles. The molecule has 2 aromatic rings. The number of ether oxygens (including phenoxy) is 2. The van der Waals surface area contributed by atoms with E-state index < -0.39 is 27.6 Å². The number of rotatable bonds is 16. The first-order valence-electron chi connectivity index (χ1n) is 14.4. The first-order chi connectivity index (χ1) is 19.1. The maximum Gasteiger partial charge on any atom is 0.243 e. The highest BCUT2D eigenvalue weighted by Gasteiger charge is 2.42. The molecule has 1 aliphatic rings. The predicted octanol–water partition coefficient (Wildman–Crippen LogP) is 4.42. The second kappa shape index (κ2) is 15.0. The Morgan fingerprint density at radius 3 is 2.27 bits per heavy atom. The Morgan fingerprint density at radius 1 is 1.05 bits per heavy atom. The zero-order valence-electron chi connectivity index (χ0n) is 24.3. The van der Waals surface area contributed by atoms with Crippen LogP contribution in [-0.2, 0) is 26.0 Å². The molecule has 9 heteroatoms. The highest BCUT2D eigenvalue weighted by Crippen LogP contribution is 2.41. The fourth-order valence-corrected chi connectivity index (χ4v) is 7.06. The van der Waals surface area contributed by atoms with Crippen molar-refractivity contribution >= 4 is 15.9 Å². The topological polar surface area (TPSA) is 105 Å². The summed E-state index contributed by atoms with van der Waals surface area (Å²) in [6.45, 7) is 7.02. The summed E-state index contributed by atoms with van der Waals surface area (Å²) in [4.78, 5) is 13.9. The number of hydrogen-bond donors (Lipinski definition) is 2. The standard InChI is InChI=1S/C31H46N2O6S/c1-5-39-20-19-31(17-9-10-18-31)30(35)32-28(21-25-11-7-6-8-12-25)29(34)23-33(22-24(2)3)40(36,37)27-15-13-26(38-4)14-16-27/h6-8,11-16,24,28-29,34H,5,9-10,17-23H2,1-4H3,(H,32,35). The molecule has 1 aliphatic carbocycles. The smallest absolute Gasteiger partial charge is 0.243 e. The molecular weight excluding hydrogens is 528 g/mol. The number of nitrogens with one attached hydrogen (secondary N) is 1. The number of amides is 1. The summed E-state index contributed by atoms with van der Waals surface area (Å²) in [5.41, 5.74) is 0.423. The van der Waals surface area contributed by atoms with E-state index in [1.54, 1.807) is 12.1 Å². The highest BCUT2D eigenvalue weighted by molar-refractivity contribution is 7.89. The Hall–Kier alpha value is -2.46. The quantitative estimate of drug-likeness (QED) is 0.288. The monoisotopic (exact) mass is 574 g/mol. The molecule has 8 nitrogen and oxygen atoms in total. The van der Waals surface area contributed by atoms with Crippen molar-refractivity contribution < 1.29 is 27.8 Å². The van der Waals surface area contributed by atoms with Crippen molar-refractivity contribution in [3.8, 4) is 5.75 Å². The van der Waals surface area contributed by atoms with E-state index in [1.165, 1.54) is 23.5 Å². The largest absolute Gasteiger partial charge is 0.497 e. The first-order valence-corrected chi connectivity index (χ1v) is 15.8. The van der Waals surface area contributed by atoms with E-state index in [0.717, 1.165) is 31.2 Å². The third kappa shape index (κ3) is 8.52. The summed E-state index contributed by atoms with van der Waals surface area (Å²) in [6.07, 6.45) is 3.42. The van der Waals surface area contributed by atoms with Crippen molar-refractivity contribution in [2.24, 2.45) is 11.3 Å². The molecule has 1 fully saturated rings. The Balaban J connectivity index is 1.87. The van der Waals surface area contributed by atoms with E-state index >= 15 is 0 Å². The van der Waals surface area contributed by atoms with Gasteiger partial charge in [0.25, 0.3) is 0 Å². The van der Waals surface area contributed by atoms with Gasteiger partial charge in [-0.3, -0.25) is 4.79 Å². The second-order valence-electron chi connectivity index (χ2n) is 11.2. The third-order valence-corrected chi connectivity index (χ3v) is 9.55. The Bertz CT molecular complexity index is 1150. The lowest BCUT2D eigenvalue weighted by atomic mass is 9.81. The van der Waals surface area contributed by atoms with Crippen LogP contribution in [-0.4, -0.2) is 69.3 Å². The van der Waals surface area contributed by atoms with Gasteiger partial charge in [0.1, 0.15) is 5.75 Å². The molecular formula is C31H46N2O6S. The van der Waals surface area contributed by atoms with Crippen LogP contribution in [0.3, 0.4) is 0 Å². The van der Waals surface area contributed by atoms with Gasteiger partial charge in [-0.25, -0.2) is 8.42 Å². The molecule has 222 valence electrons. The van der Waals surface area contributed by atoms with Crippen molar-refractivity contribution in [3.05, 3.63) is 60.2 Å². The van der Waals surface area contributed by atoms with Crippen molar-refractivity contribution in [2.75, 3.05) is 33.4 Å². The van der Waals surface area contributed by atoms with Gasteiger partial charge in [0.05, 0.1) is 29.6 Å². The molecule has 3 rings (SSSR count). The molecule has 0 bridgehead atoms. The maximum atomic E-state index is 13.8. The lowest BCUT2D eigenvalue weighted by Crippen LogP contribution is -2.54. The molecule has 0 spiro atoms. The van der Waals surface area contributed by atoms with E-state index in [2.05, 4.69) is 5.32 Å². The number of aliphatic hydroxyl groups excluding tert-OH is 1. The molecule has 2 aromatic carbocycles. The van der Waals surface area contributed by atoms with Crippen LogP contribution in [0.1, 0.15) is 58.4 Å². The lowest BCUT2D eigenvalue weighted by molar-refractivity contribution is -0.133. The molecule has 0 heterocycles. The van der Waals surface area contributed by atoms with Gasteiger partial charge >= 0.3 is 0 Å². The van der Waals surface area contributed by atoms with Crippen LogP contribution < -0.4 is 10.1 Å². The minimum absolute atomic E-state index is 0.0303. The number of benzene rings is 2. The van der Waals surface area contributed by atoms with Gasteiger partial charge in [-0.1, -0.05) is 57.0 Å². The number of aliphatic hydroxyl groups is 1. The van der Waals surface area contributed by atoms with Gasteiger partial charge in [0.2, 0.25) is 15.9 Å². The van der Waals surface area contributed by atoms with Crippen LogP contribution in [0.25, 0.3) is 0 Å². The maximum absolute atomic E-state index is 13.8. The van der Waals surface area contributed by atoms with E-state index in [0.29, 0.717) is 31.8 Å². The van der Waals surface area contributed by atoms with Crippen molar-refractivity contribution in [1.82, 2.24) is 9.62 Å². The van der Waals surface area contributed by atoms with Gasteiger partial charge < -0.3 is 19.9 Å². The molecule has 0 aromatic heterocycles. The molecule has 2 unspecified atom stereocenters. The number of carbonyl (C=O) groups excluding carboxylic acids is 1. The first kappa shape index (κ1) is 32.1. The number of sulfonamides is 1. The van der Waals surface area contributed by atoms with Gasteiger partial charge in [-0.15, -0.1) is 0 Å². The minimum Gasteiger partial charge on any atom is -0.497 e. The predicted molar refractivity (Wildman–Crippen MR) is 157 cm³/mol. The van der Waals surface area contributed by atoms with Crippen LogP contribution in [0.5, 0.6) is 5.75 Å². The van der Waals surface area contributed by atoms with Gasteiger partial charge in [0.15, 0.2) is 0 Å². The summed E-state index contributed by atoms with van der Waals surface area (Å²) in [7, 11) is -2.38. The summed E-state index contributed by atoms with van der Waals surface area (Å²) < 4.78 is 39.5. The Kier molecular flexibility index (Phi) is 12.0. The molecule has 40 heavy (non-hydrogen) atoms. The SMILES string of the molecule is CCOCCC1(C(=O)NC(Cc2ccccc2)C(O)CN(CC(C)C)S(=O)(=O)c2ccc(OC)cc2)CCCC1. The number of carbonyl (C=O) groups is 1. The average molecular weight is 575 g/mol. The van der Waals surface area contributed by atoms with Crippen LogP contribution in [0, 0.1) is 11.3 Å². The van der Waals surface area contributed by atoms with Crippen LogP contribution in [0.4, 0.5) is 0 Å². The van der Waals surface area contributed by atoms with Crippen molar-refractivity contribution in [1.29, 1.82) is 0 Å². The van der Waals surface area contributed by atoms with Crippen molar-refractivity contribution in [2.45, 2.75) is 76.3 Å². The third-order valence-electron chi connectivity index (χ3n) is 7.71. The average Bonchev–Trinajstić information content (AvgIpc) is 3.43.